The molecule has 0 bridgehead atoms. The molecule has 1 aliphatic carbocycles. The SMILES string of the molecule is O=S(=O)(c1nc2n(n1)C(c1ccccc1)C[C@@H]2F)C1CC1. The minimum atomic E-state index is -3.48. The summed E-state index contributed by atoms with van der Waals surface area (Å²) in [6, 6.07) is 9.13. The van der Waals surface area contributed by atoms with E-state index in [2.05, 4.69) is 10.1 Å². The molecule has 0 amide bonds. The number of hydrogen-bond acceptors (Lipinski definition) is 4. The Kier molecular flexibility index (Phi) is 2.69. The van der Waals surface area contributed by atoms with Crippen molar-refractivity contribution in [2.75, 3.05) is 0 Å². The lowest BCUT2D eigenvalue weighted by atomic mass is 10.0. The molecule has 5 nitrogen and oxygen atoms in total. The van der Waals surface area contributed by atoms with Crippen molar-refractivity contribution in [2.24, 2.45) is 0 Å². The molecule has 1 aromatic carbocycles. The second-order valence-corrected chi connectivity index (χ2v) is 7.69. The van der Waals surface area contributed by atoms with Gasteiger partial charge in [-0.05, 0) is 18.4 Å². The van der Waals surface area contributed by atoms with E-state index in [9.17, 15) is 12.8 Å². The first-order valence-electron chi connectivity index (χ1n) is 6.97. The molecule has 2 atom stereocenters. The van der Waals surface area contributed by atoms with Crippen LogP contribution in [0.2, 0.25) is 0 Å². The Hall–Kier alpha value is -1.76. The first-order valence-corrected chi connectivity index (χ1v) is 8.51. The molecule has 0 radical (unpaired) electrons. The average Bonchev–Trinajstić information content (AvgIpc) is 3.17. The third kappa shape index (κ3) is 1.98. The lowest BCUT2D eigenvalue weighted by Crippen LogP contribution is -2.12. The molecule has 0 N–H and O–H groups in total. The van der Waals surface area contributed by atoms with Gasteiger partial charge in [0.05, 0.1) is 11.3 Å². The summed E-state index contributed by atoms with van der Waals surface area (Å²) in [5.41, 5.74) is 0.916. The number of rotatable bonds is 3. The minimum absolute atomic E-state index is 0.128. The molecule has 1 aromatic heterocycles. The van der Waals surface area contributed by atoms with Crippen LogP contribution < -0.4 is 0 Å². The van der Waals surface area contributed by atoms with Gasteiger partial charge < -0.3 is 0 Å². The number of nitrogens with zero attached hydrogens (tertiary/aromatic N) is 3. The van der Waals surface area contributed by atoms with Gasteiger partial charge in [0.15, 0.2) is 12.0 Å². The Balaban J connectivity index is 1.78. The molecule has 7 heteroatoms. The van der Waals surface area contributed by atoms with Crippen molar-refractivity contribution in [3.63, 3.8) is 0 Å². The van der Waals surface area contributed by atoms with Crippen LogP contribution in [0.3, 0.4) is 0 Å². The molecule has 110 valence electrons. The highest BCUT2D eigenvalue weighted by molar-refractivity contribution is 7.92. The van der Waals surface area contributed by atoms with Crippen LogP contribution in [0.15, 0.2) is 35.5 Å². The fourth-order valence-corrected chi connectivity index (χ4v) is 4.24. The summed E-state index contributed by atoms with van der Waals surface area (Å²) in [7, 11) is -3.48. The Morgan fingerprint density at radius 3 is 2.57 bits per heavy atom. The second-order valence-electron chi connectivity index (χ2n) is 5.57. The Labute approximate surface area is 121 Å². The standard InChI is InChI=1S/C14H14FN3O2S/c15-11-8-12(9-4-2-1-3-5-9)18-13(11)16-14(17-18)21(19,20)10-6-7-10/h1-5,10-12H,6-8H2/t11-,12?/m0/s1. The monoisotopic (exact) mass is 307 g/mol. The fraction of sp³-hybridized carbons (Fsp3) is 0.429. The van der Waals surface area contributed by atoms with Crippen LogP contribution in [0.4, 0.5) is 4.39 Å². The van der Waals surface area contributed by atoms with E-state index in [4.69, 9.17) is 0 Å². The van der Waals surface area contributed by atoms with E-state index in [0.717, 1.165) is 5.56 Å². The highest BCUT2D eigenvalue weighted by Gasteiger charge is 2.43. The van der Waals surface area contributed by atoms with Crippen molar-refractivity contribution in [1.82, 2.24) is 14.8 Å². The summed E-state index contributed by atoms with van der Waals surface area (Å²) in [4.78, 5) is 3.97. The molecular weight excluding hydrogens is 293 g/mol. The lowest BCUT2D eigenvalue weighted by molar-refractivity contribution is 0.326. The molecule has 21 heavy (non-hydrogen) atoms. The Morgan fingerprint density at radius 1 is 1.19 bits per heavy atom. The van der Waals surface area contributed by atoms with Crippen LogP contribution >= 0.6 is 0 Å². The molecule has 2 heterocycles. The lowest BCUT2D eigenvalue weighted by Gasteiger charge is -2.11. The van der Waals surface area contributed by atoms with Gasteiger partial charge in [-0.2, -0.15) is 4.98 Å². The number of hydrogen-bond donors (Lipinski definition) is 0. The van der Waals surface area contributed by atoms with Crippen molar-refractivity contribution in [3.05, 3.63) is 41.7 Å². The molecule has 2 aromatic rings. The summed E-state index contributed by atoms with van der Waals surface area (Å²) in [5, 5.41) is 3.51. The molecule has 1 saturated carbocycles. The zero-order valence-electron chi connectivity index (χ0n) is 11.2. The topological polar surface area (TPSA) is 64.8 Å². The quantitative estimate of drug-likeness (QED) is 0.872. The van der Waals surface area contributed by atoms with E-state index in [1.165, 1.54) is 4.68 Å². The molecule has 1 unspecified atom stereocenters. The number of fused-ring (bicyclic) bond motifs is 1. The van der Waals surface area contributed by atoms with Crippen LogP contribution in [-0.2, 0) is 9.84 Å². The summed E-state index contributed by atoms with van der Waals surface area (Å²) in [6.45, 7) is 0. The van der Waals surface area contributed by atoms with E-state index >= 15 is 0 Å². The van der Waals surface area contributed by atoms with Gasteiger partial charge in [0.1, 0.15) is 0 Å². The van der Waals surface area contributed by atoms with Crippen LogP contribution in [0.5, 0.6) is 0 Å². The summed E-state index contributed by atoms with van der Waals surface area (Å²) < 4.78 is 40.0. The molecule has 0 saturated heterocycles. The van der Waals surface area contributed by atoms with Gasteiger partial charge in [0.2, 0.25) is 9.84 Å². The molecule has 1 fully saturated rings. The molecule has 2 aliphatic rings. The van der Waals surface area contributed by atoms with Crippen LogP contribution in [0.25, 0.3) is 0 Å². The van der Waals surface area contributed by atoms with Crippen LogP contribution in [-0.4, -0.2) is 28.4 Å². The number of aromatic nitrogens is 3. The normalized spacial score (nSPS) is 25.0. The minimum Gasteiger partial charge on any atom is -0.239 e. The van der Waals surface area contributed by atoms with Gasteiger partial charge in [-0.1, -0.05) is 30.3 Å². The Bertz CT molecular complexity index is 784. The predicted octanol–water partition coefficient (Wildman–Crippen LogP) is 2.22. The van der Waals surface area contributed by atoms with Crippen LogP contribution in [0, 0.1) is 0 Å². The summed E-state index contributed by atoms with van der Waals surface area (Å²) in [6.07, 6.45) is 0.273. The van der Waals surface area contributed by atoms with E-state index in [-0.39, 0.29) is 28.7 Å². The van der Waals surface area contributed by atoms with Gasteiger partial charge in [-0.25, -0.2) is 17.5 Å². The van der Waals surface area contributed by atoms with Gasteiger partial charge in [-0.3, -0.25) is 0 Å². The maximum atomic E-state index is 14.2. The van der Waals surface area contributed by atoms with Gasteiger partial charge in [0.25, 0.3) is 5.16 Å². The highest BCUT2D eigenvalue weighted by atomic mass is 32.2. The van der Waals surface area contributed by atoms with Crippen molar-refractivity contribution in [3.8, 4) is 0 Å². The predicted molar refractivity (Wildman–Crippen MR) is 73.3 cm³/mol. The van der Waals surface area contributed by atoms with E-state index in [1.807, 2.05) is 30.3 Å². The highest BCUT2D eigenvalue weighted by Crippen LogP contribution is 2.41. The zero-order valence-corrected chi connectivity index (χ0v) is 12.0. The number of sulfone groups is 1. The largest absolute Gasteiger partial charge is 0.267 e. The summed E-state index contributed by atoms with van der Waals surface area (Å²) >= 11 is 0. The van der Waals surface area contributed by atoms with Crippen molar-refractivity contribution < 1.29 is 12.8 Å². The van der Waals surface area contributed by atoms with Crippen molar-refractivity contribution in [2.45, 2.75) is 41.9 Å². The summed E-state index contributed by atoms with van der Waals surface area (Å²) in [5.74, 6) is 0.128. The maximum absolute atomic E-state index is 14.2. The van der Waals surface area contributed by atoms with Crippen molar-refractivity contribution >= 4 is 9.84 Å². The maximum Gasteiger partial charge on any atom is 0.267 e. The van der Waals surface area contributed by atoms with Gasteiger partial charge in [0, 0.05) is 6.42 Å². The third-order valence-corrected chi connectivity index (χ3v) is 6.08. The van der Waals surface area contributed by atoms with E-state index < -0.39 is 16.0 Å². The number of alkyl halides is 1. The van der Waals surface area contributed by atoms with E-state index in [1.54, 1.807) is 0 Å². The first-order chi connectivity index (χ1) is 10.1. The smallest absolute Gasteiger partial charge is 0.239 e. The molecule has 0 spiro atoms. The zero-order chi connectivity index (χ0) is 14.6. The second kappa shape index (κ2) is 4.37. The van der Waals surface area contributed by atoms with E-state index in [0.29, 0.717) is 12.8 Å². The van der Waals surface area contributed by atoms with Crippen molar-refractivity contribution in [1.29, 1.82) is 0 Å². The van der Waals surface area contributed by atoms with Crippen LogP contribution in [0.1, 0.15) is 42.9 Å². The average molecular weight is 307 g/mol. The Morgan fingerprint density at radius 2 is 1.90 bits per heavy atom. The molecule has 1 aliphatic heterocycles. The van der Waals surface area contributed by atoms with Gasteiger partial charge >= 0.3 is 0 Å². The number of halogens is 1. The number of benzene rings is 1. The van der Waals surface area contributed by atoms with Gasteiger partial charge in [-0.15, -0.1) is 5.10 Å². The first kappa shape index (κ1) is 12.9. The third-order valence-electron chi connectivity index (χ3n) is 4.05. The molecular formula is C14H14FN3O2S. The fourth-order valence-electron chi connectivity index (χ4n) is 2.76. The molecule has 4 rings (SSSR count).